The Hall–Kier alpha value is -6.19. The molecule has 0 amide bonds. The number of ether oxygens (including phenoxy) is 4. The first kappa shape index (κ1) is 72.9. The Bertz CT molecular complexity index is 3760. The van der Waals surface area contributed by atoms with Crippen molar-refractivity contribution >= 4 is 163 Å². The number of fused-ring (bicyclic) bond motifs is 2. The van der Waals surface area contributed by atoms with Crippen LogP contribution >= 0.6 is 97.2 Å². The van der Waals surface area contributed by atoms with E-state index in [9.17, 15) is 0 Å². The average molecular weight is 1510 g/mol. The van der Waals surface area contributed by atoms with Gasteiger partial charge in [-0.3, -0.25) is 0 Å². The SMILES string of the molecule is C.COc1cc(OC)cc(-c2cc(Cl)c3nc(Cl)ncc3c2)c1.COc1cc(OC)cc(B(O)O)c1.Clc1ncc2cc(Br)cc(Cl)c2n1.[Cl][Pd][Cl].c1ccc(P(c2ccccc2)c2ccccc2)cc1.c1ccc(P(c2ccccc2)c2ccccc2)cc1. The van der Waals surface area contributed by atoms with Gasteiger partial charge in [-0.05, 0) is 136 Å². The molecule has 0 radical (unpaired) electrons. The van der Waals surface area contributed by atoms with Gasteiger partial charge in [-0.1, -0.05) is 229 Å². The van der Waals surface area contributed by atoms with Crippen molar-refractivity contribution in [2.24, 2.45) is 0 Å². The van der Waals surface area contributed by atoms with E-state index < -0.39 is 23.0 Å². The molecular formula is C69H60BBrCl6N4O6P2Pd. The van der Waals surface area contributed by atoms with Gasteiger partial charge < -0.3 is 29.0 Å². The predicted molar refractivity (Wildman–Crippen MR) is 383 cm³/mol. The molecule has 0 saturated carbocycles. The number of aromatic nitrogens is 4. The van der Waals surface area contributed by atoms with Gasteiger partial charge >= 0.3 is 42.1 Å². The van der Waals surface area contributed by atoms with E-state index in [4.69, 9.17) is 94.5 Å². The van der Waals surface area contributed by atoms with Crippen molar-refractivity contribution in [1.82, 2.24) is 19.9 Å². The maximum absolute atomic E-state index is 8.91. The Morgan fingerprint density at radius 1 is 0.400 bits per heavy atom. The minimum absolute atomic E-state index is 0. The zero-order valence-electron chi connectivity index (χ0n) is 48.0. The topological polar surface area (TPSA) is 129 Å². The fourth-order valence-corrected chi connectivity index (χ4v) is 14.6. The first-order valence-electron chi connectivity index (χ1n) is 26.7. The van der Waals surface area contributed by atoms with E-state index in [0.29, 0.717) is 49.5 Å². The van der Waals surface area contributed by atoms with Crippen LogP contribution in [0.3, 0.4) is 0 Å². The van der Waals surface area contributed by atoms with Crippen LogP contribution in [0, 0.1) is 0 Å². The van der Waals surface area contributed by atoms with E-state index in [0.717, 1.165) is 26.4 Å². The molecule has 0 spiro atoms. The molecule has 10 nitrogen and oxygen atoms in total. The van der Waals surface area contributed by atoms with Crippen LogP contribution in [-0.2, 0) is 15.9 Å². The molecule has 0 unspecified atom stereocenters. The Morgan fingerprint density at radius 3 is 0.978 bits per heavy atom. The van der Waals surface area contributed by atoms with Crippen molar-refractivity contribution in [1.29, 1.82) is 0 Å². The van der Waals surface area contributed by atoms with E-state index in [2.05, 4.69) is 218 Å². The van der Waals surface area contributed by atoms with E-state index in [1.165, 1.54) is 58.2 Å². The molecule has 0 bridgehead atoms. The number of halogens is 7. The summed E-state index contributed by atoms with van der Waals surface area (Å²) >= 11 is 26.9. The molecule has 12 rings (SSSR count). The smallest absolute Gasteiger partial charge is 0.0134 e. The van der Waals surface area contributed by atoms with Crippen molar-refractivity contribution in [2.75, 3.05) is 28.4 Å². The minimum atomic E-state index is -1.51. The van der Waals surface area contributed by atoms with Gasteiger partial charge in [0, 0.05) is 39.8 Å². The molecule has 2 aromatic heterocycles. The second-order valence-corrected chi connectivity index (χ2v) is 27.6. The standard InChI is InChI=1S/2C18H15P.C16H12Cl2N2O2.C8H11BO4.C8H3BrCl2N2.CH4.2ClH.Pd/c2*1-4-10-16(11-5-1)19(17-12-6-2-7-13-17)18-14-8-3-9-15-18;1-21-12-4-10(5-13(7-12)22-2)9-3-11-8-19-16(18)20-15(11)14(17)6-9;1-12-7-3-6(9(10)11)4-8(5-7)13-2;9-5-1-4-3-12-8(11)13-7(4)6(10)2-5;;;;/h2*1-15H;3-8H,1-2H3;3-5,10-11H,1-2H3;1-3H;1H4;2*1H;/q;;;;;;;;+2/p-2. The van der Waals surface area contributed by atoms with Gasteiger partial charge in [0.05, 0.1) is 49.5 Å². The summed E-state index contributed by atoms with van der Waals surface area (Å²) in [4.78, 5) is 16.0. The van der Waals surface area contributed by atoms with Gasteiger partial charge in [-0.25, -0.2) is 19.9 Å². The summed E-state index contributed by atoms with van der Waals surface area (Å²) in [5.41, 5.74) is 3.48. The Labute approximate surface area is 573 Å². The first-order chi connectivity index (χ1) is 43.2. The van der Waals surface area contributed by atoms with Crippen molar-refractivity contribution in [3.05, 3.63) is 280 Å². The molecule has 464 valence electrons. The van der Waals surface area contributed by atoms with Gasteiger partial charge in [-0.2, -0.15) is 0 Å². The van der Waals surface area contributed by atoms with Crippen molar-refractivity contribution in [2.45, 2.75) is 7.43 Å². The number of methoxy groups -OCH3 is 4. The molecule has 0 aliphatic heterocycles. The monoisotopic (exact) mass is 1510 g/mol. The zero-order chi connectivity index (χ0) is 63.5. The molecule has 0 saturated heterocycles. The predicted octanol–water partition coefficient (Wildman–Crippen LogP) is 16.6. The molecular weight excluding hydrogens is 1450 g/mol. The van der Waals surface area contributed by atoms with Crippen LogP contribution in [-0.4, -0.2) is 65.5 Å². The molecule has 90 heavy (non-hydrogen) atoms. The van der Waals surface area contributed by atoms with Crippen LogP contribution < -0.4 is 56.2 Å². The summed E-state index contributed by atoms with van der Waals surface area (Å²) in [7, 11) is 13.5. The van der Waals surface area contributed by atoms with Crippen LogP contribution in [0.5, 0.6) is 23.0 Å². The quantitative estimate of drug-likeness (QED) is 0.0693. The Morgan fingerprint density at radius 2 is 0.678 bits per heavy atom. The Kier molecular flexibility index (Phi) is 31.3. The third-order valence-corrected chi connectivity index (χ3v) is 18.9. The summed E-state index contributed by atoms with van der Waals surface area (Å²) in [5.74, 6) is 2.47. The molecule has 21 heteroatoms. The summed E-state index contributed by atoms with van der Waals surface area (Å²) in [6, 6.07) is 82.5. The summed E-state index contributed by atoms with van der Waals surface area (Å²) in [6.45, 7) is 0. The third kappa shape index (κ3) is 22.0. The van der Waals surface area contributed by atoms with E-state index in [1.807, 2.05) is 36.4 Å². The third-order valence-electron chi connectivity index (χ3n) is 12.6. The largest absolute Gasteiger partial charge is 0.0622 e. The van der Waals surface area contributed by atoms with Crippen LogP contribution in [0.2, 0.25) is 20.6 Å². The van der Waals surface area contributed by atoms with E-state index in [-0.39, 0.29) is 33.9 Å². The van der Waals surface area contributed by atoms with Crippen LogP contribution in [0.15, 0.2) is 260 Å². The van der Waals surface area contributed by atoms with Crippen LogP contribution in [0.25, 0.3) is 32.9 Å². The fraction of sp³-hybridized carbons (Fsp3) is 0.0725. The van der Waals surface area contributed by atoms with Crippen molar-refractivity contribution in [3.8, 4) is 34.1 Å². The van der Waals surface area contributed by atoms with Gasteiger partial charge in [-0.15, -0.1) is 0 Å². The molecule has 2 heterocycles. The molecule has 0 aliphatic carbocycles. The van der Waals surface area contributed by atoms with Gasteiger partial charge in [0.25, 0.3) is 0 Å². The van der Waals surface area contributed by atoms with Crippen molar-refractivity contribution < 1.29 is 44.9 Å². The number of hydrogen-bond acceptors (Lipinski definition) is 10. The van der Waals surface area contributed by atoms with Crippen molar-refractivity contribution in [3.63, 3.8) is 0 Å². The maximum Gasteiger partial charge on any atom is -0.0134 e. The average Bonchev–Trinajstić information content (AvgIpc) is 1.44. The van der Waals surface area contributed by atoms with Crippen LogP contribution in [0.1, 0.15) is 7.43 Å². The molecule has 2 N–H and O–H groups in total. The van der Waals surface area contributed by atoms with E-state index >= 15 is 0 Å². The maximum atomic E-state index is 8.91. The van der Waals surface area contributed by atoms with Crippen LogP contribution in [0.4, 0.5) is 0 Å². The normalized spacial score (nSPS) is 10.3. The second kappa shape index (κ2) is 38.6. The number of benzene rings is 10. The second-order valence-electron chi connectivity index (χ2n) is 18.3. The van der Waals surface area contributed by atoms with Gasteiger partial charge in [0.1, 0.15) is 23.0 Å². The van der Waals surface area contributed by atoms with Gasteiger partial charge in [0.15, 0.2) is 0 Å². The summed E-state index contributed by atoms with van der Waals surface area (Å²) in [5, 5.41) is 29.3. The molecule has 0 atom stereocenters. The Balaban J connectivity index is 0.000000179. The number of hydrogen-bond donors (Lipinski definition) is 2. The number of rotatable bonds is 12. The molecule has 12 aromatic rings. The molecule has 0 aliphatic rings. The molecule has 10 aromatic carbocycles. The first-order valence-corrected chi connectivity index (χ1v) is 35.7. The summed E-state index contributed by atoms with van der Waals surface area (Å²) < 4.78 is 21.4. The molecule has 0 fully saturated rings. The minimum Gasteiger partial charge on any atom is -0.0622 e. The zero-order valence-corrected chi connectivity index (χ0v) is 57.5. The fourth-order valence-electron chi connectivity index (χ4n) is 8.60. The van der Waals surface area contributed by atoms with E-state index in [1.54, 1.807) is 38.7 Å². The summed E-state index contributed by atoms with van der Waals surface area (Å²) in [6.07, 6.45) is 3.29. The number of nitrogens with zero attached hydrogens (tertiary/aromatic N) is 4. The van der Waals surface area contributed by atoms with Gasteiger partial charge in [0.2, 0.25) is 10.6 Å².